The standard InChI is InChI=1S/C14H16N2/c15-9-14-13-4-2-1-3-12(13)7-8-16(14)10-11-5-6-11/h1-4,11,14H,5-8,10H2. The highest BCUT2D eigenvalue weighted by atomic mass is 15.2. The summed E-state index contributed by atoms with van der Waals surface area (Å²) in [5.74, 6) is 0.862. The second kappa shape index (κ2) is 3.92. The lowest BCUT2D eigenvalue weighted by Crippen LogP contribution is -2.36. The van der Waals surface area contributed by atoms with Crippen LogP contribution in [0.25, 0.3) is 0 Å². The zero-order valence-electron chi connectivity index (χ0n) is 9.39. The fraction of sp³-hybridized carbons (Fsp3) is 0.500. The molecule has 1 aromatic carbocycles. The van der Waals surface area contributed by atoms with Crippen molar-refractivity contribution in [3.63, 3.8) is 0 Å². The first-order chi connectivity index (χ1) is 7.88. The third-order valence-electron chi connectivity index (χ3n) is 3.70. The van der Waals surface area contributed by atoms with Gasteiger partial charge in [0.1, 0.15) is 6.04 Å². The highest BCUT2D eigenvalue weighted by Gasteiger charge is 2.31. The van der Waals surface area contributed by atoms with Crippen molar-refractivity contribution in [2.24, 2.45) is 5.92 Å². The van der Waals surface area contributed by atoms with Crippen molar-refractivity contribution < 1.29 is 0 Å². The normalized spacial score (nSPS) is 24.8. The molecule has 0 radical (unpaired) electrons. The molecule has 1 unspecified atom stereocenters. The molecule has 0 aromatic heterocycles. The molecule has 1 saturated carbocycles. The minimum atomic E-state index is -0.00875. The third-order valence-corrected chi connectivity index (χ3v) is 3.70. The SMILES string of the molecule is N#CC1c2ccccc2CCN1CC1CC1. The fourth-order valence-corrected chi connectivity index (χ4v) is 2.60. The molecule has 1 heterocycles. The summed E-state index contributed by atoms with van der Waals surface area (Å²) in [4.78, 5) is 2.36. The summed E-state index contributed by atoms with van der Waals surface area (Å²) in [7, 11) is 0. The van der Waals surface area contributed by atoms with Crippen LogP contribution >= 0.6 is 0 Å². The lowest BCUT2D eigenvalue weighted by Gasteiger charge is -2.33. The van der Waals surface area contributed by atoms with Crippen molar-refractivity contribution in [3.8, 4) is 6.07 Å². The Labute approximate surface area is 96.5 Å². The average Bonchev–Trinajstić information content (AvgIpc) is 3.13. The van der Waals surface area contributed by atoms with E-state index in [-0.39, 0.29) is 6.04 Å². The molecule has 1 aliphatic heterocycles. The van der Waals surface area contributed by atoms with E-state index in [2.05, 4.69) is 29.2 Å². The maximum absolute atomic E-state index is 9.35. The van der Waals surface area contributed by atoms with Gasteiger partial charge in [-0.3, -0.25) is 4.90 Å². The number of hydrogen-bond acceptors (Lipinski definition) is 2. The van der Waals surface area contributed by atoms with Gasteiger partial charge in [-0.05, 0) is 36.3 Å². The van der Waals surface area contributed by atoms with E-state index in [0.29, 0.717) is 0 Å². The maximum Gasteiger partial charge on any atom is 0.124 e. The van der Waals surface area contributed by atoms with E-state index in [1.54, 1.807) is 0 Å². The fourth-order valence-electron chi connectivity index (χ4n) is 2.60. The summed E-state index contributed by atoms with van der Waals surface area (Å²) in [6, 6.07) is 10.9. The first-order valence-corrected chi connectivity index (χ1v) is 6.10. The Hall–Kier alpha value is -1.33. The number of rotatable bonds is 2. The Morgan fingerprint density at radius 3 is 2.88 bits per heavy atom. The smallest absolute Gasteiger partial charge is 0.124 e. The molecule has 1 fully saturated rings. The molecule has 2 heteroatoms. The molecule has 3 rings (SSSR count). The van der Waals surface area contributed by atoms with Crippen molar-refractivity contribution in [1.29, 1.82) is 5.26 Å². The first-order valence-electron chi connectivity index (χ1n) is 6.10. The van der Waals surface area contributed by atoms with Gasteiger partial charge in [-0.2, -0.15) is 5.26 Å². The van der Waals surface area contributed by atoms with Gasteiger partial charge in [0.2, 0.25) is 0 Å². The summed E-state index contributed by atoms with van der Waals surface area (Å²) in [5, 5.41) is 9.35. The van der Waals surface area contributed by atoms with Crippen molar-refractivity contribution >= 4 is 0 Å². The van der Waals surface area contributed by atoms with Crippen molar-refractivity contribution in [2.75, 3.05) is 13.1 Å². The van der Waals surface area contributed by atoms with Gasteiger partial charge in [0.05, 0.1) is 6.07 Å². The lowest BCUT2D eigenvalue weighted by molar-refractivity contribution is 0.215. The number of fused-ring (bicyclic) bond motifs is 1. The Bertz CT molecular complexity index is 429. The zero-order valence-corrected chi connectivity index (χ0v) is 9.39. The van der Waals surface area contributed by atoms with Crippen LogP contribution in [-0.4, -0.2) is 18.0 Å². The predicted molar refractivity (Wildman–Crippen MR) is 62.8 cm³/mol. The average molecular weight is 212 g/mol. The second-order valence-electron chi connectivity index (χ2n) is 4.92. The maximum atomic E-state index is 9.35. The molecule has 1 atom stereocenters. The number of nitriles is 1. The van der Waals surface area contributed by atoms with E-state index in [4.69, 9.17) is 0 Å². The first kappa shape index (κ1) is 9.86. The number of nitrogens with zero attached hydrogens (tertiary/aromatic N) is 2. The van der Waals surface area contributed by atoms with Gasteiger partial charge in [0, 0.05) is 13.1 Å². The Morgan fingerprint density at radius 1 is 1.31 bits per heavy atom. The summed E-state index contributed by atoms with van der Waals surface area (Å²) in [6.07, 6.45) is 3.81. The van der Waals surface area contributed by atoms with Crippen molar-refractivity contribution in [2.45, 2.75) is 25.3 Å². The van der Waals surface area contributed by atoms with Gasteiger partial charge in [0.15, 0.2) is 0 Å². The van der Waals surface area contributed by atoms with Gasteiger partial charge in [-0.15, -0.1) is 0 Å². The summed E-state index contributed by atoms with van der Waals surface area (Å²) >= 11 is 0. The molecule has 0 N–H and O–H groups in total. The Kier molecular flexibility index (Phi) is 2.41. The lowest BCUT2D eigenvalue weighted by atomic mass is 9.93. The highest BCUT2D eigenvalue weighted by molar-refractivity contribution is 5.35. The molecule has 0 spiro atoms. The van der Waals surface area contributed by atoms with E-state index >= 15 is 0 Å². The molecular formula is C14H16N2. The van der Waals surface area contributed by atoms with E-state index < -0.39 is 0 Å². The minimum absolute atomic E-state index is 0.00875. The van der Waals surface area contributed by atoms with E-state index in [1.807, 2.05) is 6.07 Å². The monoisotopic (exact) mass is 212 g/mol. The predicted octanol–water partition coefficient (Wildman–Crippen LogP) is 2.52. The van der Waals surface area contributed by atoms with Gasteiger partial charge in [-0.1, -0.05) is 24.3 Å². The molecule has 82 valence electrons. The second-order valence-corrected chi connectivity index (χ2v) is 4.92. The van der Waals surface area contributed by atoms with E-state index in [0.717, 1.165) is 25.4 Å². The molecule has 0 amide bonds. The van der Waals surface area contributed by atoms with Crippen LogP contribution in [0.3, 0.4) is 0 Å². The molecule has 0 saturated heterocycles. The van der Waals surface area contributed by atoms with Gasteiger partial charge >= 0.3 is 0 Å². The molecule has 2 aliphatic rings. The third kappa shape index (κ3) is 1.72. The topological polar surface area (TPSA) is 27.0 Å². The quantitative estimate of drug-likeness (QED) is 0.753. The van der Waals surface area contributed by atoms with Crippen LogP contribution in [0.2, 0.25) is 0 Å². The van der Waals surface area contributed by atoms with Crippen LogP contribution in [0.1, 0.15) is 30.0 Å². The minimum Gasteiger partial charge on any atom is -0.284 e. The molecule has 1 aliphatic carbocycles. The van der Waals surface area contributed by atoms with Crippen LogP contribution in [0, 0.1) is 17.2 Å². The molecule has 16 heavy (non-hydrogen) atoms. The van der Waals surface area contributed by atoms with Crippen LogP contribution in [0.5, 0.6) is 0 Å². The van der Waals surface area contributed by atoms with E-state index in [1.165, 1.54) is 24.0 Å². The highest BCUT2D eigenvalue weighted by Crippen LogP contribution is 2.35. The summed E-state index contributed by atoms with van der Waals surface area (Å²) in [6.45, 7) is 2.16. The van der Waals surface area contributed by atoms with Crippen LogP contribution in [0.15, 0.2) is 24.3 Å². The Morgan fingerprint density at radius 2 is 2.12 bits per heavy atom. The molecular weight excluding hydrogens is 196 g/mol. The summed E-state index contributed by atoms with van der Waals surface area (Å²) < 4.78 is 0. The van der Waals surface area contributed by atoms with E-state index in [9.17, 15) is 5.26 Å². The molecule has 2 nitrogen and oxygen atoms in total. The van der Waals surface area contributed by atoms with Crippen molar-refractivity contribution in [3.05, 3.63) is 35.4 Å². The number of benzene rings is 1. The molecule has 1 aromatic rings. The van der Waals surface area contributed by atoms with Crippen molar-refractivity contribution in [1.82, 2.24) is 4.90 Å². The Balaban J connectivity index is 1.87. The zero-order chi connectivity index (χ0) is 11.0. The number of hydrogen-bond donors (Lipinski definition) is 0. The van der Waals surface area contributed by atoms with Crippen LogP contribution in [-0.2, 0) is 6.42 Å². The molecule has 0 bridgehead atoms. The largest absolute Gasteiger partial charge is 0.284 e. The van der Waals surface area contributed by atoms with Crippen LogP contribution in [0.4, 0.5) is 0 Å². The van der Waals surface area contributed by atoms with Gasteiger partial charge < -0.3 is 0 Å². The van der Waals surface area contributed by atoms with Gasteiger partial charge in [0.25, 0.3) is 0 Å². The van der Waals surface area contributed by atoms with Gasteiger partial charge in [-0.25, -0.2) is 0 Å². The van der Waals surface area contributed by atoms with Crippen LogP contribution < -0.4 is 0 Å². The summed E-state index contributed by atoms with van der Waals surface area (Å²) in [5.41, 5.74) is 2.60.